The molecule has 1 fully saturated rings. The number of aromatic amines is 1. The van der Waals surface area contributed by atoms with Gasteiger partial charge in [0.05, 0.1) is 5.56 Å². The average Bonchev–Trinajstić information content (AvgIpc) is 3.30. The van der Waals surface area contributed by atoms with Crippen molar-refractivity contribution in [2.75, 3.05) is 0 Å². The zero-order valence-corrected chi connectivity index (χ0v) is 20.9. The predicted octanol–water partition coefficient (Wildman–Crippen LogP) is 5.93. The van der Waals surface area contributed by atoms with Gasteiger partial charge in [0.15, 0.2) is 0 Å². The van der Waals surface area contributed by atoms with Crippen molar-refractivity contribution < 1.29 is 4.79 Å². The molecular weight excluding hydrogens is 469 g/mol. The van der Waals surface area contributed by atoms with Crippen molar-refractivity contribution in [3.8, 4) is 22.5 Å². The number of rotatable bonds is 7. The fourth-order valence-corrected chi connectivity index (χ4v) is 7.93. The summed E-state index contributed by atoms with van der Waals surface area (Å²) in [6, 6.07) is 22.9. The Labute approximate surface area is 201 Å². The number of primary amides is 1. The van der Waals surface area contributed by atoms with Gasteiger partial charge in [0.25, 0.3) is 5.91 Å². The van der Waals surface area contributed by atoms with Crippen LogP contribution in [0.1, 0.15) is 48.0 Å². The molecule has 0 bridgehead atoms. The minimum absolute atomic E-state index is 0.130. The number of H-pyrrole nitrogens is 1. The Hall–Kier alpha value is -2.84. The van der Waals surface area contributed by atoms with Crippen LogP contribution in [0.5, 0.6) is 0 Å². The molecule has 4 aromatic rings. The Morgan fingerprint density at radius 2 is 1.58 bits per heavy atom. The van der Waals surface area contributed by atoms with Crippen molar-refractivity contribution in [1.29, 1.82) is 0 Å². The summed E-state index contributed by atoms with van der Waals surface area (Å²) >= 11 is 0.130. The number of carbonyl (C=O) groups excluding carboxylic acids is 1. The van der Waals surface area contributed by atoms with Gasteiger partial charge < -0.3 is 5.73 Å². The Morgan fingerprint density at radius 1 is 0.909 bits per heavy atom. The van der Waals surface area contributed by atoms with E-state index in [4.69, 9.17) is 5.73 Å². The maximum absolute atomic E-state index is 11.7. The Kier molecular flexibility index (Phi) is 6.64. The van der Waals surface area contributed by atoms with Crippen LogP contribution >= 0.6 is 0 Å². The van der Waals surface area contributed by atoms with E-state index < -0.39 is 5.91 Å². The van der Waals surface area contributed by atoms with Crippen molar-refractivity contribution in [3.05, 3.63) is 77.9 Å². The fraction of sp³-hybridized carbons (Fsp3) is 0.286. The van der Waals surface area contributed by atoms with E-state index in [-0.39, 0.29) is 15.8 Å². The predicted molar refractivity (Wildman–Crippen MR) is 138 cm³/mol. The van der Waals surface area contributed by atoms with Gasteiger partial charge in [-0.1, -0.05) is 6.07 Å². The van der Waals surface area contributed by atoms with Gasteiger partial charge in [0.1, 0.15) is 0 Å². The molecule has 0 saturated heterocycles. The first-order valence-corrected chi connectivity index (χ1v) is 14.8. The molecule has 1 saturated carbocycles. The summed E-state index contributed by atoms with van der Waals surface area (Å²) in [6.07, 6.45) is 7.30. The first-order chi connectivity index (χ1) is 16.2. The molecule has 0 radical (unpaired) electrons. The van der Waals surface area contributed by atoms with Crippen molar-refractivity contribution in [1.82, 2.24) is 9.97 Å². The zero-order valence-electron chi connectivity index (χ0n) is 18.8. The Bertz CT molecular complexity index is 1240. The van der Waals surface area contributed by atoms with E-state index in [2.05, 4.69) is 58.5 Å². The fourth-order valence-electron chi connectivity index (χ4n) is 4.82. The molecule has 1 atom stereocenters. The summed E-state index contributed by atoms with van der Waals surface area (Å²) in [6.45, 7) is 0. The van der Waals surface area contributed by atoms with Crippen molar-refractivity contribution in [2.45, 2.75) is 42.5 Å². The second kappa shape index (κ2) is 9.97. The van der Waals surface area contributed by atoms with Crippen LogP contribution < -0.4 is 5.73 Å². The molecule has 0 aliphatic heterocycles. The standard InChI is InChI=1S/C28H30AsN3O/c30-27(33)24-7-4-8-25-26(24)32-28(31-25)23-15-13-22(14-16-23)21-11-9-20(10-12-21)18-29-17-19-5-2-1-3-6-19/h4,7-16,19,29H,1-3,5-6,17-18H2,(H2,30,33)(H,31,32). The van der Waals surface area contributed by atoms with Gasteiger partial charge in [0.2, 0.25) is 0 Å². The van der Waals surface area contributed by atoms with E-state index in [0.29, 0.717) is 11.1 Å². The van der Waals surface area contributed by atoms with E-state index in [9.17, 15) is 4.79 Å². The van der Waals surface area contributed by atoms with Crippen molar-refractivity contribution in [2.24, 2.45) is 11.7 Å². The van der Waals surface area contributed by atoms with Crippen LogP contribution in [0.3, 0.4) is 0 Å². The van der Waals surface area contributed by atoms with E-state index in [0.717, 1.165) is 22.8 Å². The third-order valence-corrected chi connectivity index (χ3v) is 9.91. The van der Waals surface area contributed by atoms with Crippen molar-refractivity contribution >= 4 is 32.7 Å². The topological polar surface area (TPSA) is 71.8 Å². The first kappa shape index (κ1) is 22.0. The molecule has 5 heteroatoms. The molecule has 1 aliphatic rings. The van der Waals surface area contributed by atoms with Crippen LogP contribution in [0, 0.1) is 5.92 Å². The van der Waals surface area contributed by atoms with Gasteiger partial charge in [-0.15, -0.1) is 0 Å². The summed E-state index contributed by atoms with van der Waals surface area (Å²) < 4.78 is 0. The van der Waals surface area contributed by atoms with Crippen LogP contribution in [0.4, 0.5) is 0 Å². The monoisotopic (exact) mass is 499 g/mol. The molecule has 168 valence electrons. The van der Waals surface area contributed by atoms with Gasteiger partial charge in [-0.05, 0) is 12.1 Å². The van der Waals surface area contributed by atoms with E-state index >= 15 is 0 Å². The summed E-state index contributed by atoms with van der Waals surface area (Å²) in [7, 11) is 0. The number of nitrogens with zero attached hydrogens (tertiary/aromatic N) is 1. The SMILES string of the molecule is NC(=O)c1cccc2[nH]c(-c3ccc(-c4ccc(C[AsH]CC5CCCCC5)cc4)cc3)nc12. The first-order valence-electron chi connectivity index (χ1n) is 11.9. The molecule has 1 aliphatic carbocycles. The van der Waals surface area contributed by atoms with Crippen LogP contribution in [-0.2, 0) is 5.21 Å². The normalized spacial score (nSPS) is 14.9. The molecular formula is C28H30AsN3O. The molecule has 33 heavy (non-hydrogen) atoms. The number of nitrogens with two attached hydrogens (primary N) is 1. The summed E-state index contributed by atoms with van der Waals surface area (Å²) in [5, 5.41) is 2.81. The number of nitrogens with one attached hydrogen (secondary N) is 1. The maximum atomic E-state index is 11.7. The van der Waals surface area contributed by atoms with E-state index in [1.807, 2.05) is 12.1 Å². The number of imidazole rings is 1. The van der Waals surface area contributed by atoms with Gasteiger partial charge >= 0.3 is 162 Å². The quantitative estimate of drug-likeness (QED) is 0.310. The Balaban J connectivity index is 1.25. The number of fused-ring (bicyclic) bond motifs is 1. The Morgan fingerprint density at radius 3 is 2.27 bits per heavy atom. The molecule has 1 amide bonds. The number of hydrogen-bond donors (Lipinski definition) is 2. The third kappa shape index (κ3) is 5.07. The number of para-hydroxylation sites is 1. The summed E-state index contributed by atoms with van der Waals surface area (Å²) in [4.78, 5) is 19.6. The van der Waals surface area contributed by atoms with Gasteiger partial charge in [-0.25, -0.2) is 0 Å². The number of hydrogen-bond acceptors (Lipinski definition) is 2. The third-order valence-electron chi connectivity index (χ3n) is 6.71. The summed E-state index contributed by atoms with van der Waals surface area (Å²) in [5.74, 6) is 1.29. The molecule has 1 heterocycles. The molecule has 3 aromatic carbocycles. The molecule has 1 unspecified atom stereocenters. The number of amides is 1. The zero-order chi connectivity index (χ0) is 22.6. The van der Waals surface area contributed by atoms with Gasteiger partial charge in [0, 0.05) is 0 Å². The van der Waals surface area contributed by atoms with Crippen LogP contribution in [0.25, 0.3) is 33.5 Å². The summed E-state index contributed by atoms with van der Waals surface area (Å²) in [5.41, 5.74) is 12.3. The number of aromatic nitrogens is 2. The number of carbonyl (C=O) groups is 1. The average molecular weight is 499 g/mol. The minimum atomic E-state index is -0.464. The van der Waals surface area contributed by atoms with Crippen LogP contribution in [-0.4, -0.2) is 31.6 Å². The van der Waals surface area contributed by atoms with Crippen molar-refractivity contribution in [3.63, 3.8) is 0 Å². The second-order valence-corrected chi connectivity index (χ2v) is 11.7. The molecule has 1 aromatic heterocycles. The number of benzene rings is 3. The van der Waals surface area contributed by atoms with Crippen LogP contribution in [0.2, 0.25) is 5.21 Å². The van der Waals surface area contributed by atoms with E-state index in [1.54, 1.807) is 6.07 Å². The van der Waals surface area contributed by atoms with Gasteiger partial charge in [-0.3, -0.25) is 4.79 Å². The molecule has 5 rings (SSSR count). The van der Waals surface area contributed by atoms with Gasteiger partial charge in [-0.2, -0.15) is 0 Å². The molecule has 4 nitrogen and oxygen atoms in total. The van der Waals surface area contributed by atoms with Crippen LogP contribution in [0.15, 0.2) is 66.7 Å². The van der Waals surface area contributed by atoms with E-state index in [1.165, 1.54) is 59.2 Å². The molecule has 3 N–H and O–H groups in total. The molecule has 0 spiro atoms. The second-order valence-electron chi connectivity index (χ2n) is 9.06.